The Balaban J connectivity index is 2.11. The molecule has 0 aromatic heterocycles. The fourth-order valence-corrected chi connectivity index (χ4v) is 2.73. The van der Waals surface area contributed by atoms with E-state index in [4.69, 9.17) is 17.4 Å². The number of rotatable bonds is 5. The third-order valence-electron chi connectivity index (χ3n) is 3.08. The van der Waals surface area contributed by atoms with Gasteiger partial charge in [0.1, 0.15) is 5.82 Å². The van der Waals surface area contributed by atoms with E-state index in [1.165, 1.54) is 12.1 Å². The highest BCUT2D eigenvalue weighted by Crippen LogP contribution is 2.21. The van der Waals surface area contributed by atoms with Gasteiger partial charge >= 0.3 is 0 Å². The van der Waals surface area contributed by atoms with Gasteiger partial charge in [0.15, 0.2) is 0 Å². The second-order valence-electron chi connectivity index (χ2n) is 4.64. The number of nitrogens with one attached hydrogen (secondary N) is 1. The molecule has 0 spiro atoms. The maximum atomic E-state index is 13.3. The third-order valence-corrected chi connectivity index (χ3v) is 4.09. The maximum absolute atomic E-state index is 13.3. The first-order valence-corrected chi connectivity index (χ1v) is 7.40. The number of hydrogen-bond acceptors (Lipinski definition) is 2. The van der Waals surface area contributed by atoms with Crippen molar-refractivity contribution in [1.29, 1.82) is 0 Å². The van der Waals surface area contributed by atoms with Gasteiger partial charge in [0.05, 0.1) is 0 Å². The minimum Gasteiger partial charge on any atom is -0.271 e. The van der Waals surface area contributed by atoms with E-state index in [1.807, 2.05) is 24.3 Å². The van der Waals surface area contributed by atoms with Crippen molar-refractivity contribution in [2.45, 2.75) is 18.9 Å². The summed E-state index contributed by atoms with van der Waals surface area (Å²) in [4.78, 5) is 0. The third kappa shape index (κ3) is 4.28. The Hall–Kier alpha value is -0.940. The van der Waals surface area contributed by atoms with Crippen molar-refractivity contribution in [3.05, 3.63) is 68.9 Å². The molecule has 2 nitrogen and oxygen atoms in total. The fraction of sp³-hybridized carbons (Fsp3) is 0.200. The summed E-state index contributed by atoms with van der Waals surface area (Å²) in [6.07, 6.45) is 1.35. The minimum atomic E-state index is -0.248. The molecule has 1 unspecified atom stereocenters. The van der Waals surface area contributed by atoms with Crippen LogP contribution in [0, 0.1) is 5.82 Å². The quantitative estimate of drug-likeness (QED) is 0.630. The van der Waals surface area contributed by atoms with Crippen LogP contribution in [0.4, 0.5) is 4.39 Å². The zero-order chi connectivity index (χ0) is 14.5. The van der Waals surface area contributed by atoms with Gasteiger partial charge in [-0.25, -0.2) is 4.39 Å². The lowest BCUT2D eigenvalue weighted by molar-refractivity contribution is 0.519. The van der Waals surface area contributed by atoms with Crippen LogP contribution in [0.2, 0.25) is 5.02 Å². The Morgan fingerprint density at radius 1 is 1.20 bits per heavy atom. The summed E-state index contributed by atoms with van der Waals surface area (Å²) in [6, 6.07) is 12.3. The number of halogens is 3. The fourth-order valence-electron chi connectivity index (χ4n) is 2.10. The lowest BCUT2D eigenvalue weighted by Crippen LogP contribution is -2.38. The minimum absolute atomic E-state index is 0.00608. The summed E-state index contributed by atoms with van der Waals surface area (Å²) in [5.74, 6) is 5.35. The largest absolute Gasteiger partial charge is 0.271 e. The molecule has 0 heterocycles. The number of hydrazine groups is 1. The topological polar surface area (TPSA) is 38.0 Å². The Labute approximate surface area is 131 Å². The zero-order valence-electron chi connectivity index (χ0n) is 10.7. The Kier molecular flexibility index (Phi) is 5.54. The van der Waals surface area contributed by atoms with E-state index in [1.54, 1.807) is 6.07 Å². The Bertz CT molecular complexity index is 592. The van der Waals surface area contributed by atoms with Crippen LogP contribution in [0.5, 0.6) is 0 Å². The van der Waals surface area contributed by atoms with Crippen LogP contribution in [-0.2, 0) is 12.8 Å². The highest BCUT2D eigenvalue weighted by Gasteiger charge is 2.12. The molecule has 0 aliphatic heterocycles. The molecular weight excluding hydrogens is 343 g/mol. The van der Waals surface area contributed by atoms with Crippen molar-refractivity contribution >= 4 is 27.5 Å². The predicted molar refractivity (Wildman–Crippen MR) is 84.1 cm³/mol. The summed E-state index contributed by atoms with van der Waals surface area (Å²) in [7, 11) is 0. The number of benzene rings is 2. The first-order chi connectivity index (χ1) is 9.58. The van der Waals surface area contributed by atoms with E-state index < -0.39 is 0 Å². The zero-order valence-corrected chi connectivity index (χ0v) is 13.1. The smallest absolute Gasteiger partial charge is 0.123 e. The van der Waals surface area contributed by atoms with E-state index in [9.17, 15) is 4.39 Å². The van der Waals surface area contributed by atoms with Crippen LogP contribution in [0.1, 0.15) is 11.1 Å². The Morgan fingerprint density at radius 2 is 2.00 bits per heavy atom. The van der Waals surface area contributed by atoms with Gasteiger partial charge in [0.2, 0.25) is 0 Å². The number of nitrogens with two attached hydrogens (primary N) is 1. The standard InChI is InChI=1S/C15H15BrClFN2/c16-15-5-4-13(18)8-11(15)9-14(20-19)7-10-2-1-3-12(17)6-10/h1-6,8,14,20H,7,9,19H2. The molecule has 1 atom stereocenters. The SMILES string of the molecule is NNC(Cc1cccc(Cl)c1)Cc1cc(F)ccc1Br. The summed E-state index contributed by atoms with van der Waals surface area (Å²) in [6.45, 7) is 0. The molecule has 0 aliphatic rings. The molecule has 3 N–H and O–H groups in total. The second-order valence-corrected chi connectivity index (χ2v) is 5.93. The van der Waals surface area contributed by atoms with Gasteiger partial charge in [0, 0.05) is 15.5 Å². The van der Waals surface area contributed by atoms with E-state index in [-0.39, 0.29) is 11.9 Å². The first-order valence-electron chi connectivity index (χ1n) is 6.23. The Morgan fingerprint density at radius 3 is 2.70 bits per heavy atom. The molecule has 2 aromatic rings. The van der Waals surface area contributed by atoms with Gasteiger partial charge < -0.3 is 0 Å². The molecule has 0 saturated heterocycles. The van der Waals surface area contributed by atoms with E-state index in [0.717, 1.165) is 22.0 Å². The van der Waals surface area contributed by atoms with Crippen molar-refractivity contribution in [2.75, 3.05) is 0 Å². The van der Waals surface area contributed by atoms with Crippen molar-refractivity contribution < 1.29 is 4.39 Å². The van der Waals surface area contributed by atoms with Crippen molar-refractivity contribution in [1.82, 2.24) is 5.43 Å². The van der Waals surface area contributed by atoms with E-state index in [2.05, 4.69) is 21.4 Å². The highest BCUT2D eigenvalue weighted by molar-refractivity contribution is 9.10. The maximum Gasteiger partial charge on any atom is 0.123 e. The highest BCUT2D eigenvalue weighted by atomic mass is 79.9. The molecule has 0 aliphatic carbocycles. The lowest BCUT2D eigenvalue weighted by atomic mass is 9.99. The monoisotopic (exact) mass is 356 g/mol. The molecule has 2 rings (SSSR count). The average Bonchev–Trinajstić information content (AvgIpc) is 2.42. The molecule has 0 fully saturated rings. The van der Waals surface area contributed by atoms with Gasteiger partial charge in [-0.3, -0.25) is 11.3 Å². The molecule has 2 aromatic carbocycles. The van der Waals surface area contributed by atoms with Crippen molar-refractivity contribution in [2.24, 2.45) is 5.84 Å². The van der Waals surface area contributed by atoms with Crippen LogP contribution >= 0.6 is 27.5 Å². The molecule has 5 heteroatoms. The van der Waals surface area contributed by atoms with Crippen molar-refractivity contribution in [3.63, 3.8) is 0 Å². The lowest BCUT2D eigenvalue weighted by Gasteiger charge is -2.17. The number of hydrogen-bond donors (Lipinski definition) is 2. The van der Waals surface area contributed by atoms with E-state index >= 15 is 0 Å². The van der Waals surface area contributed by atoms with Gasteiger partial charge in [-0.2, -0.15) is 0 Å². The molecule has 0 amide bonds. The summed E-state index contributed by atoms with van der Waals surface area (Å²) < 4.78 is 14.2. The normalized spacial score (nSPS) is 12.4. The molecule has 106 valence electrons. The molecular formula is C15H15BrClFN2. The van der Waals surface area contributed by atoms with Gasteiger partial charge in [-0.05, 0) is 54.3 Å². The van der Waals surface area contributed by atoms with Crippen LogP contribution in [-0.4, -0.2) is 6.04 Å². The van der Waals surface area contributed by atoms with Crippen LogP contribution in [0.3, 0.4) is 0 Å². The van der Waals surface area contributed by atoms with Crippen LogP contribution in [0.25, 0.3) is 0 Å². The van der Waals surface area contributed by atoms with Crippen molar-refractivity contribution in [3.8, 4) is 0 Å². The molecule has 0 bridgehead atoms. The first kappa shape index (κ1) is 15.4. The van der Waals surface area contributed by atoms with E-state index in [0.29, 0.717) is 11.4 Å². The predicted octanol–water partition coefficient (Wildman–Crippen LogP) is 3.86. The summed E-state index contributed by atoms with van der Waals surface area (Å²) in [5.41, 5.74) is 4.75. The van der Waals surface area contributed by atoms with Crippen LogP contribution < -0.4 is 11.3 Å². The second kappa shape index (κ2) is 7.18. The average molecular weight is 358 g/mol. The molecule has 0 saturated carbocycles. The van der Waals surface area contributed by atoms with Gasteiger partial charge in [-0.15, -0.1) is 0 Å². The van der Waals surface area contributed by atoms with Gasteiger partial charge in [-0.1, -0.05) is 39.7 Å². The molecule has 0 radical (unpaired) electrons. The van der Waals surface area contributed by atoms with Crippen LogP contribution in [0.15, 0.2) is 46.9 Å². The molecule has 20 heavy (non-hydrogen) atoms. The summed E-state index contributed by atoms with van der Waals surface area (Å²) in [5, 5.41) is 0.699. The van der Waals surface area contributed by atoms with Gasteiger partial charge in [0.25, 0.3) is 0 Å². The summed E-state index contributed by atoms with van der Waals surface area (Å²) >= 11 is 9.40.